The number of aromatic nitrogens is 1. The quantitative estimate of drug-likeness (QED) is 0.476. The number of nitrogens with zero attached hydrogens (tertiary/aromatic N) is 1. The van der Waals surface area contributed by atoms with Crippen LogP contribution in [0.25, 0.3) is 0 Å². The SMILES string of the molecule is O=C(c1cnc(C(F)(F)F)s1)c1cc(Br)ccc1I. The van der Waals surface area contributed by atoms with Gasteiger partial charge in [-0.25, -0.2) is 4.98 Å². The van der Waals surface area contributed by atoms with Crippen LogP contribution in [0.2, 0.25) is 0 Å². The second-order valence-electron chi connectivity index (χ2n) is 3.48. The van der Waals surface area contributed by atoms with E-state index in [2.05, 4.69) is 20.9 Å². The summed E-state index contributed by atoms with van der Waals surface area (Å²) in [6.45, 7) is 0. The van der Waals surface area contributed by atoms with E-state index in [-0.39, 0.29) is 4.88 Å². The Balaban J connectivity index is 2.39. The smallest absolute Gasteiger partial charge is 0.288 e. The molecule has 0 radical (unpaired) electrons. The van der Waals surface area contributed by atoms with Crippen molar-refractivity contribution in [2.45, 2.75) is 6.18 Å². The number of hydrogen-bond acceptors (Lipinski definition) is 3. The van der Waals surface area contributed by atoms with Gasteiger partial charge in [-0.2, -0.15) is 13.2 Å². The lowest BCUT2D eigenvalue weighted by Gasteiger charge is -2.02. The first-order valence-corrected chi connectivity index (χ1v) is 7.50. The van der Waals surface area contributed by atoms with E-state index in [4.69, 9.17) is 0 Å². The average Bonchev–Trinajstić information content (AvgIpc) is 2.80. The number of carbonyl (C=O) groups excluding carboxylic acids is 1. The first kappa shape index (κ1) is 14.9. The molecule has 0 bridgehead atoms. The third-order valence-electron chi connectivity index (χ3n) is 2.15. The molecule has 0 amide bonds. The van der Waals surface area contributed by atoms with E-state index in [0.29, 0.717) is 24.9 Å². The van der Waals surface area contributed by atoms with Gasteiger partial charge in [0.2, 0.25) is 5.78 Å². The molecule has 0 saturated heterocycles. The lowest BCUT2D eigenvalue weighted by molar-refractivity contribution is -0.137. The first-order chi connectivity index (χ1) is 8.79. The highest BCUT2D eigenvalue weighted by atomic mass is 127. The van der Waals surface area contributed by atoms with Gasteiger partial charge in [-0.05, 0) is 40.8 Å². The first-order valence-electron chi connectivity index (χ1n) is 4.82. The predicted octanol–water partition coefficient (Wildman–Crippen LogP) is 4.76. The number of ketones is 1. The largest absolute Gasteiger partial charge is 0.443 e. The van der Waals surface area contributed by atoms with E-state index in [1.54, 1.807) is 18.2 Å². The zero-order chi connectivity index (χ0) is 14.2. The summed E-state index contributed by atoms with van der Waals surface area (Å²) in [7, 11) is 0. The molecule has 0 spiro atoms. The Hall–Kier alpha value is -0.480. The van der Waals surface area contributed by atoms with Crippen molar-refractivity contribution in [2.75, 3.05) is 0 Å². The molecule has 1 aromatic carbocycles. The molecular formula is C11H4BrF3INOS. The standard InChI is InChI=1S/C11H4BrF3INOS/c12-5-1-2-7(16)6(3-5)9(18)8-4-17-10(19-8)11(13,14)15/h1-4H. The van der Waals surface area contributed by atoms with Gasteiger partial charge in [-0.15, -0.1) is 11.3 Å². The van der Waals surface area contributed by atoms with Gasteiger partial charge in [0, 0.05) is 19.8 Å². The highest BCUT2D eigenvalue weighted by Crippen LogP contribution is 2.33. The van der Waals surface area contributed by atoms with Crippen LogP contribution >= 0.6 is 49.9 Å². The molecule has 0 aliphatic rings. The maximum atomic E-state index is 12.4. The monoisotopic (exact) mass is 461 g/mol. The van der Waals surface area contributed by atoms with Crippen LogP contribution in [0, 0.1) is 3.57 Å². The summed E-state index contributed by atoms with van der Waals surface area (Å²) in [5.41, 5.74) is 0.354. The van der Waals surface area contributed by atoms with Gasteiger partial charge in [-0.1, -0.05) is 15.9 Å². The summed E-state index contributed by atoms with van der Waals surface area (Å²) in [6.07, 6.45) is -3.56. The predicted molar refractivity (Wildman–Crippen MR) is 77.4 cm³/mol. The molecule has 0 unspecified atom stereocenters. The fourth-order valence-corrected chi connectivity index (χ4v) is 2.99. The van der Waals surface area contributed by atoms with Gasteiger partial charge in [0.15, 0.2) is 5.01 Å². The van der Waals surface area contributed by atoms with Crippen molar-refractivity contribution < 1.29 is 18.0 Å². The van der Waals surface area contributed by atoms with Gasteiger partial charge in [0.25, 0.3) is 0 Å². The van der Waals surface area contributed by atoms with Gasteiger partial charge in [-0.3, -0.25) is 4.79 Å². The molecule has 0 saturated carbocycles. The Morgan fingerprint density at radius 3 is 2.63 bits per heavy atom. The maximum Gasteiger partial charge on any atom is 0.443 e. The van der Waals surface area contributed by atoms with Gasteiger partial charge >= 0.3 is 6.18 Å². The second kappa shape index (κ2) is 5.49. The van der Waals surface area contributed by atoms with Crippen LogP contribution in [0.1, 0.15) is 20.2 Å². The van der Waals surface area contributed by atoms with Crippen molar-refractivity contribution in [3.05, 3.63) is 47.9 Å². The van der Waals surface area contributed by atoms with Crippen LogP contribution in [0.3, 0.4) is 0 Å². The van der Waals surface area contributed by atoms with E-state index >= 15 is 0 Å². The fraction of sp³-hybridized carbons (Fsp3) is 0.0909. The van der Waals surface area contributed by atoms with Crippen molar-refractivity contribution in [3.63, 3.8) is 0 Å². The minimum absolute atomic E-state index is 0.0247. The van der Waals surface area contributed by atoms with Crippen LogP contribution in [-0.2, 0) is 6.18 Å². The number of rotatable bonds is 2. The second-order valence-corrected chi connectivity index (χ2v) is 6.59. The van der Waals surface area contributed by atoms with Gasteiger partial charge in [0.05, 0.1) is 4.88 Å². The van der Waals surface area contributed by atoms with Crippen LogP contribution in [0.5, 0.6) is 0 Å². The summed E-state index contributed by atoms with van der Waals surface area (Å²) in [6, 6.07) is 5.05. The van der Waals surface area contributed by atoms with Gasteiger partial charge in [0.1, 0.15) is 0 Å². The van der Waals surface area contributed by atoms with Crippen molar-refractivity contribution in [1.29, 1.82) is 0 Å². The zero-order valence-corrected chi connectivity index (χ0v) is 13.5. The number of carbonyl (C=O) groups is 1. The Morgan fingerprint density at radius 1 is 1.37 bits per heavy atom. The Kier molecular flexibility index (Phi) is 4.31. The molecule has 2 aromatic rings. The molecule has 0 aliphatic carbocycles. The molecule has 2 rings (SSSR count). The molecule has 1 heterocycles. The highest BCUT2D eigenvalue weighted by molar-refractivity contribution is 14.1. The number of halogens is 5. The van der Waals surface area contributed by atoms with Crippen LogP contribution in [0.15, 0.2) is 28.9 Å². The highest BCUT2D eigenvalue weighted by Gasteiger charge is 2.35. The lowest BCUT2D eigenvalue weighted by Crippen LogP contribution is -2.03. The summed E-state index contributed by atoms with van der Waals surface area (Å²) in [5, 5.41) is -1.01. The molecule has 0 aliphatic heterocycles. The molecule has 100 valence electrons. The fourth-order valence-electron chi connectivity index (χ4n) is 1.31. The van der Waals surface area contributed by atoms with E-state index in [1.807, 2.05) is 22.6 Å². The van der Waals surface area contributed by atoms with Crippen LogP contribution < -0.4 is 0 Å². The molecule has 0 atom stereocenters. The number of alkyl halides is 3. The van der Waals surface area contributed by atoms with Crippen molar-refractivity contribution in [3.8, 4) is 0 Å². The molecule has 0 N–H and O–H groups in total. The summed E-state index contributed by atoms with van der Waals surface area (Å²) in [5.74, 6) is -0.460. The zero-order valence-electron chi connectivity index (χ0n) is 8.96. The van der Waals surface area contributed by atoms with E-state index < -0.39 is 17.0 Å². The minimum Gasteiger partial charge on any atom is -0.288 e. The van der Waals surface area contributed by atoms with Crippen LogP contribution in [0.4, 0.5) is 13.2 Å². The van der Waals surface area contributed by atoms with Crippen molar-refractivity contribution in [1.82, 2.24) is 4.98 Å². The average molecular weight is 462 g/mol. The maximum absolute atomic E-state index is 12.4. The molecule has 1 aromatic heterocycles. The Morgan fingerprint density at radius 2 is 2.05 bits per heavy atom. The summed E-state index contributed by atoms with van der Waals surface area (Å²) < 4.78 is 38.7. The minimum atomic E-state index is -4.52. The van der Waals surface area contributed by atoms with Crippen molar-refractivity contribution >= 4 is 55.6 Å². The van der Waals surface area contributed by atoms with E-state index in [0.717, 1.165) is 6.20 Å². The van der Waals surface area contributed by atoms with Crippen LogP contribution in [-0.4, -0.2) is 10.8 Å². The number of thiazole rings is 1. The number of benzene rings is 1. The molecule has 0 fully saturated rings. The van der Waals surface area contributed by atoms with Crippen molar-refractivity contribution in [2.24, 2.45) is 0 Å². The van der Waals surface area contributed by atoms with E-state index in [9.17, 15) is 18.0 Å². The molecule has 2 nitrogen and oxygen atoms in total. The Labute approximate surface area is 132 Å². The lowest BCUT2D eigenvalue weighted by atomic mass is 10.1. The molecular weight excluding hydrogens is 458 g/mol. The van der Waals surface area contributed by atoms with Gasteiger partial charge < -0.3 is 0 Å². The van der Waals surface area contributed by atoms with E-state index in [1.165, 1.54) is 0 Å². The summed E-state index contributed by atoms with van der Waals surface area (Å²) in [4.78, 5) is 15.4. The normalized spacial score (nSPS) is 11.6. The Bertz CT molecular complexity index is 641. The third-order valence-corrected chi connectivity index (χ3v) is 4.62. The topological polar surface area (TPSA) is 30.0 Å². The molecule has 19 heavy (non-hydrogen) atoms. The third kappa shape index (κ3) is 3.34. The molecule has 8 heteroatoms. The number of hydrogen-bond donors (Lipinski definition) is 0. The summed E-state index contributed by atoms with van der Waals surface area (Å²) >= 11 is 5.54.